The van der Waals surface area contributed by atoms with E-state index in [-0.39, 0.29) is 5.92 Å². The topological polar surface area (TPSA) is 75.1 Å². The van der Waals surface area contributed by atoms with Crippen LogP contribution in [0.5, 0.6) is 5.75 Å². The first kappa shape index (κ1) is 27.4. The summed E-state index contributed by atoms with van der Waals surface area (Å²) in [5.74, 6) is 1.36. The molecule has 0 spiro atoms. The van der Waals surface area contributed by atoms with Gasteiger partial charge in [0.2, 0.25) is 0 Å². The third-order valence-corrected chi connectivity index (χ3v) is 10.2. The highest BCUT2D eigenvalue weighted by atomic mass is 16.5. The number of pyridine rings is 1. The number of carbonyl (C=O) groups is 1. The Balaban J connectivity index is 1.07. The quantitative estimate of drug-likeness (QED) is 0.388. The summed E-state index contributed by atoms with van der Waals surface area (Å²) in [5.41, 5.74) is 7.97. The van der Waals surface area contributed by atoms with E-state index in [9.17, 15) is 9.90 Å². The van der Waals surface area contributed by atoms with E-state index in [1.165, 1.54) is 22.3 Å². The lowest BCUT2D eigenvalue weighted by atomic mass is 9.91. The standard InChI is InChI=1S/C35H41N3O4/c1-23-5-3-6-29(31-7-4-8-32(36-31)38-14-12-35(34(39)40)19-27(35)20-38)33(23)42-22-25-17-24(2)30-21-37(13-9-26(30)18-25)28-10-15-41-16-11-28/h3-8,17-18,27-28H,9-16,19-22H2,1-2H3,(H,39,40). The third-order valence-electron chi connectivity index (χ3n) is 10.2. The maximum absolute atomic E-state index is 11.7. The van der Waals surface area contributed by atoms with Gasteiger partial charge in [-0.15, -0.1) is 0 Å². The van der Waals surface area contributed by atoms with Crippen molar-refractivity contribution in [3.63, 3.8) is 0 Å². The van der Waals surface area contributed by atoms with Crippen LogP contribution in [0.15, 0.2) is 48.5 Å². The van der Waals surface area contributed by atoms with Gasteiger partial charge in [-0.1, -0.05) is 30.3 Å². The van der Waals surface area contributed by atoms with Crippen LogP contribution in [-0.2, 0) is 29.1 Å². The van der Waals surface area contributed by atoms with Crippen LogP contribution >= 0.6 is 0 Å². The normalized spacial score (nSPS) is 24.1. The summed E-state index contributed by atoms with van der Waals surface area (Å²) < 4.78 is 12.2. The number of aryl methyl sites for hydroxylation is 2. The molecule has 0 radical (unpaired) electrons. The zero-order chi connectivity index (χ0) is 28.8. The number of hydrogen-bond donors (Lipinski definition) is 1. The lowest BCUT2D eigenvalue weighted by Gasteiger charge is -2.38. The molecule has 7 nitrogen and oxygen atoms in total. The van der Waals surface area contributed by atoms with Gasteiger partial charge in [-0.05, 0) is 97.9 Å². The molecule has 1 aliphatic carbocycles. The number of rotatable bonds is 7. The number of hydrogen-bond acceptors (Lipinski definition) is 6. The number of aliphatic carboxylic acids is 1. The fourth-order valence-electron chi connectivity index (χ4n) is 7.56. The SMILES string of the molecule is Cc1cc(COc2c(C)cccc2-c2cccc(N3CCC4(C(=O)O)CC4C3)n2)cc2c1CN(C1CCOCC1)CC2. The molecule has 3 aliphatic heterocycles. The molecule has 2 aromatic carbocycles. The molecular formula is C35H41N3O4. The van der Waals surface area contributed by atoms with E-state index in [0.717, 1.165) is 93.5 Å². The highest BCUT2D eigenvalue weighted by molar-refractivity contribution is 5.79. The highest BCUT2D eigenvalue weighted by Crippen LogP contribution is 2.58. The number of benzene rings is 2. The van der Waals surface area contributed by atoms with Gasteiger partial charge in [0.1, 0.15) is 18.2 Å². The summed E-state index contributed by atoms with van der Waals surface area (Å²) in [4.78, 5) is 21.7. The lowest BCUT2D eigenvalue weighted by Crippen LogP contribution is -2.42. The van der Waals surface area contributed by atoms with Crippen LogP contribution in [0.2, 0.25) is 0 Å². The van der Waals surface area contributed by atoms with Gasteiger partial charge in [-0.25, -0.2) is 4.98 Å². The van der Waals surface area contributed by atoms with Crippen molar-refractivity contribution in [1.82, 2.24) is 9.88 Å². The maximum atomic E-state index is 11.7. The average molecular weight is 568 g/mol. The summed E-state index contributed by atoms with van der Waals surface area (Å²) in [5, 5.41) is 9.66. The van der Waals surface area contributed by atoms with Crippen LogP contribution in [0.1, 0.15) is 53.5 Å². The number of carboxylic acid groups (broad SMARTS) is 1. The summed E-state index contributed by atoms with van der Waals surface area (Å²) in [6, 6.07) is 17.7. The summed E-state index contributed by atoms with van der Waals surface area (Å²) in [6.07, 6.45) is 4.83. The fourth-order valence-corrected chi connectivity index (χ4v) is 7.56. The Morgan fingerprint density at radius 3 is 2.74 bits per heavy atom. The molecule has 2 atom stereocenters. The zero-order valence-electron chi connectivity index (χ0n) is 24.8. The number of aromatic nitrogens is 1. The minimum Gasteiger partial charge on any atom is -0.488 e. The summed E-state index contributed by atoms with van der Waals surface area (Å²) in [6.45, 7) is 10.2. The summed E-state index contributed by atoms with van der Waals surface area (Å²) in [7, 11) is 0. The number of carboxylic acids is 1. The van der Waals surface area contributed by atoms with Crippen molar-refractivity contribution in [3.05, 3.63) is 76.3 Å². The van der Waals surface area contributed by atoms with Gasteiger partial charge in [0.05, 0.1) is 11.1 Å². The molecule has 1 aromatic heterocycles. The van der Waals surface area contributed by atoms with Gasteiger partial charge in [-0.2, -0.15) is 0 Å². The molecule has 3 aromatic rings. The molecular weight excluding hydrogens is 526 g/mol. The van der Waals surface area contributed by atoms with Crippen LogP contribution in [0.25, 0.3) is 11.3 Å². The number of nitrogens with zero attached hydrogens (tertiary/aromatic N) is 3. The van der Waals surface area contributed by atoms with Crippen LogP contribution in [0.3, 0.4) is 0 Å². The van der Waals surface area contributed by atoms with E-state index in [2.05, 4.69) is 54.0 Å². The molecule has 0 bridgehead atoms. The van der Waals surface area contributed by atoms with Gasteiger partial charge in [0, 0.05) is 51.0 Å². The van der Waals surface area contributed by atoms with Gasteiger partial charge in [0.25, 0.3) is 0 Å². The number of piperidine rings is 1. The van der Waals surface area contributed by atoms with Crippen LogP contribution in [-0.4, -0.2) is 59.8 Å². The number of fused-ring (bicyclic) bond motifs is 2. The molecule has 7 heteroatoms. The van der Waals surface area contributed by atoms with Crippen molar-refractivity contribution in [3.8, 4) is 17.0 Å². The number of anilines is 1. The van der Waals surface area contributed by atoms with E-state index in [4.69, 9.17) is 14.5 Å². The van der Waals surface area contributed by atoms with E-state index >= 15 is 0 Å². The first-order valence-corrected chi connectivity index (χ1v) is 15.5. The molecule has 4 heterocycles. The van der Waals surface area contributed by atoms with E-state index in [1.807, 2.05) is 18.2 Å². The van der Waals surface area contributed by atoms with Gasteiger partial charge in [0.15, 0.2) is 0 Å². The van der Waals surface area contributed by atoms with E-state index in [0.29, 0.717) is 19.1 Å². The Hall–Kier alpha value is -3.42. The van der Waals surface area contributed by atoms with Crippen molar-refractivity contribution in [2.75, 3.05) is 37.7 Å². The monoisotopic (exact) mass is 567 g/mol. The molecule has 2 unspecified atom stereocenters. The van der Waals surface area contributed by atoms with Crippen LogP contribution in [0.4, 0.5) is 5.82 Å². The lowest BCUT2D eigenvalue weighted by molar-refractivity contribution is -0.144. The third kappa shape index (κ3) is 5.07. The van der Waals surface area contributed by atoms with Crippen molar-refractivity contribution in [1.29, 1.82) is 0 Å². The average Bonchev–Trinajstić information content (AvgIpc) is 3.76. The number of para-hydroxylation sites is 1. The second-order valence-electron chi connectivity index (χ2n) is 12.8. The fraction of sp³-hybridized carbons (Fsp3) is 0.486. The zero-order valence-corrected chi connectivity index (χ0v) is 24.8. The van der Waals surface area contributed by atoms with Gasteiger partial charge in [-0.3, -0.25) is 9.69 Å². The van der Waals surface area contributed by atoms with Crippen LogP contribution < -0.4 is 9.64 Å². The molecule has 220 valence electrons. The Bertz CT molecular complexity index is 1500. The van der Waals surface area contributed by atoms with Gasteiger partial charge < -0.3 is 19.5 Å². The first-order valence-electron chi connectivity index (χ1n) is 15.5. The molecule has 42 heavy (non-hydrogen) atoms. The van der Waals surface area contributed by atoms with Crippen molar-refractivity contribution in [2.24, 2.45) is 11.3 Å². The van der Waals surface area contributed by atoms with E-state index in [1.54, 1.807) is 0 Å². The first-order chi connectivity index (χ1) is 20.4. The Morgan fingerprint density at radius 2 is 1.93 bits per heavy atom. The largest absolute Gasteiger partial charge is 0.488 e. The summed E-state index contributed by atoms with van der Waals surface area (Å²) >= 11 is 0. The van der Waals surface area contributed by atoms with Gasteiger partial charge >= 0.3 is 5.97 Å². The second kappa shape index (κ2) is 11.0. The minimum atomic E-state index is -0.638. The predicted molar refractivity (Wildman–Crippen MR) is 163 cm³/mol. The minimum absolute atomic E-state index is 0.220. The van der Waals surface area contributed by atoms with Crippen molar-refractivity contribution in [2.45, 2.75) is 65.1 Å². The predicted octanol–water partition coefficient (Wildman–Crippen LogP) is 5.78. The van der Waals surface area contributed by atoms with E-state index < -0.39 is 11.4 Å². The Kier molecular flexibility index (Phi) is 7.19. The molecule has 3 fully saturated rings. The Labute approximate surface area is 248 Å². The number of ether oxygens (including phenoxy) is 2. The second-order valence-corrected chi connectivity index (χ2v) is 12.8. The van der Waals surface area contributed by atoms with Crippen molar-refractivity contribution < 1.29 is 19.4 Å². The maximum Gasteiger partial charge on any atom is 0.310 e. The molecule has 1 saturated carbocycles. The molecule has 0 amide bonds. The Morgan fingerprint density at radius 1 is 1.10 bits per heavy atom. The molecule has 7 rings (SSSR count). The van der Waals surface area contributed by atoms with Crippen molar-refractivity contribution >= 4 is 11.8 Å². The van der Waals surface area contributed by atoms with Crippen LogP contribution in [0, 0.1) is 25.2 Å². The highest BCUT2D eigenvalue weighted by Gasteiger charge is 2.62. The molecule has 2 saturated heterocycles. The molecule has 1 N–H and O–H groups in total. The smallest absolute Gasteiger partial charge is 0.310 e. The molecule has 4 aliphatic rings.